The van der Waals surface area contributed by atoms with Crippen LogP contribution in [-0.4, -0.2) is 15.8 Å². The highest BCUT2D eigenvalue weighted by molar-refractivity contribution is 9.10. The van der Waals surface area contributed by atoms with E-state index >= 15 is 0 Å². The highest BCUT2D eigenvalue weighted by Crippen LogP contribution is 2.34. The van der Waals surface area contributed by atoms with Crippen molar-refractivity contribution in [1.82, 2.24) is 4.57 Å². The summed E-state index contributed by atoms with van der Waals surface area (Å²) in [6.07, 6.45) is -4.41. The Kier molecular flexibility index (Phi) is 6.52. The van der Waals surface area contributed by atoms with Crippen molar-refractivity contribution in [2.75, 3.05) is 0 Å². The summed E-state index contributed by atoms with van der Waals surface area (Å²) in [5.74, 6) is -0.447. The van der Waals surface area contributed by atoms with Gasteiger partial charge in [-0.05, 0) is 48.5 Å². The number of benzene rings is 3. The third kappa shape index (κ3) is 5.17. The second-order valence-corrected chi connectivity index (χ2v) is 8.26. The molecule has 0 bridgehead atoms. The van der Waals surface area contributed by atoms with E-state index in [9.17, 15) is 22.4 Å². The summed E-state index contributed by atoms with van der Waals surface area (Å²) in [4.78, 5) is 10.9. The Morgan fingerprint density at radius 2 is 1.79 bits per heavy atom. The van der Waals surface area contributed by atoms with Crippen molar-refractivity contribution in [1.29, 1.82) is 0 Å². The third-order valence-electron chi connectivity index (χ3n) is 5.09. The molecule has 34 heavy (non-hydrogen) atoms. The smallest absolute Gasteiger partial charge is 0.489 e. The second kappa shape index (κ2) is 9.38. The monoisotopic (exact) mass is 537 g/mol. The van der Waals surface area contributed by atoms with Gasteiger partial charge in [0, 0.05) is 27.2 Å². The van der Waals surface area contributed by atoms with E-state index in [4.69, 9.17) is 14.6 Å². The molecule has 0 fully saturated rings. The zero-order valence-corrected chi connectivity index (χ0v) is 18.9. The number of halogens is 5. The predicted octanol–water partition coefficient (Wildman–Crippen LogP) is 7.25. The highest BCUT2D eigenvalue weighted by atomic mass is 79.9. The number of fused-ring (bicyclic) bond motifs is 1. The van der Waals surface area contributed by atoms with Crippen LogP contribution in [0.25, 0.3) is 10.9 Å². The summed E-state index contributed by atoms with van der Waals surface area (Å²) in [5, 5.41) is 9.52. The molecule has 0 aliphatic rings. The molecule has 0 unspecified atom stereocenters. The lowest BCUT2D eigenvalue weighted by Gasteiger charge is -2.16. The Bertz CT molecular complexity index is 1370. The van der Waals surface area contributed by atoms with E-state index in [0.717, 1.165) is 16.6 Å². The predicted molar refractivity (Wildman–Crippen MR) is 120 cm³/mol. The average molecular weight is 538 g/mol. The fraction of sp³-hybridized carbons (Fsp3) is 0.125. The summed E-state index contributed by atoms with van der Waals surface area (Å²) in [6, 6.07) is 14.2. The minimum atomic E-state index is -4.72. The van der Waals surface area contributed by atoms with Crippen LogP contribution in [0, 0.1) is 5.82 Å². The van der Waals surface area contributed by atoms with E-state index in [1.807, 2.05) is 4.57 Å². The molecule has 1 N–H and O–H groups in total. The molecular weight excluding hydrogens is 522 g/mol. The summed E-state index contributed by atoms with van der Waals surface area (Å²) < 4.78 is 66.5. The van der Waals surface area contributed by atoms with Gasteiger partial charge in [0.1, 0.15) is 23.9 Å². The number of alkyl halides is 3. The van der Waals surface area contributed by atoms with Crippen molar-refractivity contribution in [3.05, 3.63) is 93.8 Å². The number of hydrogen-bond acceptors (Lipinski definition) is 3. The Morgan fingerprint density at radius 3 is 2.53 bits per heavy atom. The Labute approximate surface area is 199 Å². The topological polar surface area (TPSA) is 60.7 Å². The van der Waals surface area contributed by atoms with Gasteiger partial charge in [-0.2, -0.15) is 13.2 Å². The van der Waals surface area contributed by atoms with Gasteiger partial charge in [-0.25, -0.2) is 9.18 Å². The van der Waals surface area contributed by atoms with Gasteiger partial charge in [-0.15, -0.1) is 0 Å². The van der Waals surface area contributed by atoms with E-state index < -0.39 is 30.3 Å². The van der Waals surface area contributed by atoms with Crippen LogP contribution in [0.2, 0.25) is 0 Å². The quantitative estimate of drug-likeness (QED) is 0.160. The van der Waals surface area contributed by atoms with E-state index in [2.05, 4.69) is 15.9 Å². The van der Waals surface area contributed by atoms with E-state index in [1.54, 1.807) is 42.6 Å². The van der Waals surface area contributed by atoms with Gasteiger partial charge in [0.25, 0.3) is 0 Å². The van der Waals surface area contributed by atoms with Gasteiger partial charge in [-0.1, -0.05) is 28.1 Å². The van der Waals surface area contributed by atoms with Crippen molar-refractivity contribution in [2.24, 2.45) is 0 Å². The fourth-order valence-corrected chi connectivity index (χ4v) is 4.01. The zero-order valence-electron chi connectivity index (χ0n) is 17.3. The van der Waals surface area contributed by atoms with Gasteiger partial charge in [0.2, 0.25) is 0 Å². The molecule has 0 radical (unpaired) electrons. The summed E-state index contributed by atoms with van der Waals surface area (Å²) in [5.41, 5.74) is 0.0767. The Morgan fingerprint density at radius 1 is 1.00 bits per heavy atom. The lowest BCUT2D eigenvalue weighted by atomic mass is 10.1. The van der Waals surface area contributed by atoms with Gasteiger partial charge in [0.05, 0.1) is 17.6 Å². The van der Waals surface area contributed by atoms with Crippen molar-refractivity contribution in [2.45, 2.75) is 19.3 Å². The molecular formula is C24H16BrF4NO4. The first-order chi connectivity index (χ1) is 16.1. The number of carbonyl (C=O) groups is 1. The maximum atomic E-state index is 13.4. The number of carboxylic acid groups (broad SMARTS) is 1. The van der Waals surface area contributed by atoms with Gasteiger partial charge in [-0.3, -0.25) is 0 Å². The molecule has 1 heterocycles. The molecule has 0 atom stereocenters. The third-order valence-corrected chi connectivity index (χ3v) is 5.59. The fourth-order valence-electron chi connectivity index (χ4n) is 3.61. The standard InChI is InChI=1S/C24H16BrF4NO4/c25-16-5-7-21(33-13-14-4-6-17(26)11-19(14)24(27,28)29)15(10-16)12-30-9-8-18-20(30)2-1-3-22(18)34-23(31)32/h1-11H,12-13H2,(H,31,32). The van der Waals surface area contributed by atoms with Crippen LogP contribution in [-0.2, 0) is 19.3 Å². The van der Waals surface area contributed by atoms with Gasteiger partial charge in [0.15, 0.2) is 0 Å². The summed E-state index contributed by atoms with van der Waals surface area (Å²) >= 11 is 3.39. The number of hydrogen-bond donors (Lipinski definition) is 1. The molecule has 0 spiro atoms. The molecule has 0 aliphatic carbocycles. The molecule has 176 valence electrons. The van der Waals surface area contributed by atoms with Crippen LogP contribution >= 0.6 is 15.9 Å². The lowest BCUT2D eigenvalue weighted by molar-refractivity contribution is -0.138. The molecule has 0 saturated heterocycles. The Balaban J connectivity index is 1.63. The molecule has 0 aliphatic heterocycles. The highest BCUT2D eigenvalue weighted by Gasteiger charge is 2.34. The SMILES string of the molecule is O=C(O)Oc1cccc2c1ccn2Cc1cc(Br)ccc1OCc1ccc(F)cc1C(F)(F)F. The van der Waals surface area contributed by atoms with Crippen molar-refractivity contribution < 1.29 is 36.9 Å². The van der Waals surface area contributed by atoms with Crippen LogP contribution in [0.3, 0.4) is 0 Å². The molecule has 1 aromatic heterocycles. The molecule has 4 rings (SSSR count). The second-order valence-electron chi connectivity index (χ2n) is 7.34. The first-order valence-corrected chi connectivity index (χ1v) is 10.7. The number of ether oxygens (including phenoxy) is 2. The maximum absolute atomic E-state index is 13.4. The Hall–Kier alpha value is -3.53. The molecule has 0 amide bonds. The average Bonchev–Trinajstić information content (AvgIpc) is 3.17. The van der Waals surface area contributed by atoms with Crippen molar-refractivity contribution >= 4 is 33.0 Å². The maximum Gasteiger partial charge on any atom is 0.511 e. The van der Waals surface area contributed by atoms with Gasteiger partial charge < -0.3 is 19.1 Å². The van der Waals surface area contributed by atoms with Crippen LogP contribution in [0.4, 0.5) is 22.4 Å². The summed E-state index contributed by atoms with van der Waals surface area (Å²) in [7, 11) is 0. The van der Waals surface area contributed by atoms with Crippen LogP contribution in [0.1, 0.15) is 16.7 Å². The van der Waals surface area contributed by atoms with E-state index in [-0.39, 0.29) is 17.9 Å². The molecule has 0 saturated carbocycles. The number of aromatic nitrogens is 1. The minimum Gasteiger partial charge on any atom is -0.489 e. The van der Waals surface area contributed by atoms with Crippen LogP contribution in [0.15, 0.2) is 71.3 Å². The van der Waals surface area contributed by atoms with Gasteiger partial charge >= 0.3 is 12.3 Å². The normalized spacial score (nSPS) is 11.6. The van der Waals surface area contributed by atoms with E-state index in [0.29, 0.717) is 28.3 Å². The largest absolute Gasteiger partial charge is 0.511 e. The van der Waals surface area contributed by atoms with Crippen molar-refractivity contribution in [3.8, 4) is 11.5 Å². The van der Waals surface area contributed by atoms with Crippen LogP contribution in [0.5, 0.6) is 11.5 Å². The molecule has 4 aromatic rings. The molecule has 3 aromatic carbocycles. The van der Waals surface area contributed by atoms with Crippen LogP contribution < -0.4 is 9.47 Å². The molecule has 5 nitrogen and oxygen atoms in total. The van der Waals surface area contributed by atoms with E-state index in [1.165, 1.54) is 6.07 Å². The number of nitrogens with zero attached hydrogens (tertiary/aromatic N) is 1. The lowest BCUT2D eigenvalue weighted by Crippen LogP contribution is -2.12. The summed E-state index contributed by atoms with van der Waals surface area (Å²) in [6.45, 7) is -0.128. The minimum absolute atomic E-state index is 0.186. The number of rotatable bonds is 6. The first-order valence-electron chi connectivity index (χ1n) is 9.87. The zero-order chi connectivity index (χ0) is 24.5. The van der Waals surface area contributed by atoms with Crippen molar-refractivity contribution in [3.63, 3.8) is 0 Å². The first kappa shape index (κ1) is 23.6. The molecule has 10 heteroatoms.